The second-order valence-electron chi connectivity index (χ2n) is 4.84. The molecule has 0 saturated carbocycles. The first-order valence-corrected chi connectivity index (χ1v) is 5.96. The summed E-state index contributed by atoms with van der Waals surface area (Å²) in [4.78, 5) is 8.92. The van der Waals surface area contributed by atoms with E-state index in [1.807, 2.05) is 6.07 Å². The lowest BCUT2D eigenvalue weighted by Crippen LogP contribution is -2.44. The first-order valence-electron chi connectivity index (χ1n) is 5.96. The molecule has 1 fully saturated rings. The maximum atomic E-state index is 5.37. The van der Waals surface area contributed by atoms with E-state index in [2.05, 4.69) is 41.0 Å². The Bertz CT molecular complexity index is 522. The van der Waals surface area contributed by atoms with Crippen molar-refractivity contribution < 1.29 is 4.42 Å². The van der Waals surface area contributed by atoms with Crippen LogP contribution < -0.4 is 0 Å². The van der Waals surface area contributed by atoms with Crippen LogP contribution in [0.15, 0.2) is 29.0 Å². The molecule has 4 heteroatoms. The molecule has 1 aromatic carbocycles. The number of nitrogens with zero attached hydrogens (tertiary/aromatic N) is 3. The lowest BCUT2D eigenvalue weighted by molar-refractivity contribution is 0.115. The largest absolute Gasteiger partial charge is 0.443 e. The highest BCUT2D eigenvalue weighted by molar-refractivity contribution is 5.72. The van der Waals surface area contributed by atoms with Crippen LogP contribution in [0.3, 0.4) is 0 Å². The molecule has 0 amide bonds. The Kier molecular flexibility index (Phi) is 2.61. The Labute approximate surface area is 101 Å². The highest BCUT2D eigenvalue weighted by Crippen LogP contribution is 2.26. The number of piperazine rings is 1. The molecule has 17 heavy (non-hydrogen) atoms. The molecule has 4 nitrogen and oxygen atoms in total. The standard InChI is InChI=1S/C13H17N3O/c1-15-5-6-16(2)12(8-15)10-3-4-11-13(7-10)17-9-14-11/h3-4,7,9,12H,5-6,8H2,1-2H3. The molecular formula is C13H17N3O. The Balaban J connectivity index is 1.95. The third-order valence-electron chi connectivity index (χ3n) is 3.59. The first kappa shape index (κ1) is 10.7. The van der Waals surface area contributed by atoms with Crippen molar-refractivity contribution in [2.45, 2.75) is 6.04 Å². The van der Waals surface area contributed by atoms with Crippen molar-refractivity contribution >= 4 is 11.1 Å². The van der Waals surface area contributed by atoms with Crippen molar-refractivity contribution in [2.75, 3.05) is 33.7 Å². The molecule has 1 unspecified atom stereocenters. The highest BCUT2D eigenvalue weighted by Gasteiger charge is 2.23. The van der Waals surface area contributed by atoms with Crippen LogP contribution in [-0.4, -0.2) is 48.5 Å². The summed E-state index contributed by atoms with van der Waals surface area (Å²) in [7, 11) is 4.36. The molecule has 2 heterocycles. The van der Waals surface area contributed by atoms with Gasteiger partial charge in [-0.2, -0.15) is 0 Å². The van der Waals surface area contributed by atoms with Crippen LogP contribution in [0.2, 0.25) is 0 Å². The number of aromatic nitrogens is 1. The monoisotopic (exact) mass is 231 g/mol. The fourth-order valence-electron chi connectivity index (χ4n) is 2.45. The summed E-state index contributed by atoms with van der Waals surface area (Å²) in [6.07, 6.45) is 1.51. The Morgan fingerprint density at radius 2 is 2.18 bits per heavy atom. The molecule has 1 aliphatic heterocycles. The normalized spacial score (nSPS) is 23.3. The van der Waals surface area contributed by atoms with Gasteiger partial charge in [0.2, 0.25) is 0 Å². The minimum Gasteiger partial charge on any atom is -0.443 e. The minimum atomic E-state index is 0.447. The lowest BCUT2D eigenvalue weighted by atomic mass is 10.0. The van der Waals surface area contributed by atoms with Crippen LogP contribution in [0.1, 0.15) is 11.6 Å². The highest BCUT2D eigenvalue weighted by atomic mass is 16.3. The molecule has 90 valence electrons. The zero-order valence-corrected chi connectivity index (χ0v) is 10.3. The lowest BCUT2D eigenvalue weighted by Gasteiger charge is -2.37. The zero-order chi connectivity index (χ0) is 11.8. The Morgan fingerprint density at radius 3 is 3.06 bits per heavy atom. The number of oxazole rings is 1. The molecular weight excluding hydrogens is 214 g/mol. The summed E-state index contributed by atoms with van der Waals surface area (Å²) in [6, 6.07) is 6.76. The van der Waals surface area contributed by atoms with Crippen LogP contribution in [-0.2, 0) is 0 Å². The maximum absolute atomic E-state index is 5.37. The van der Waals surface area contributed by atoms with Gasteiger partial charge in [0.25, 0.3) is 0 Å². The number of rotatable bonds is 1. The van der Waals surface area contributed by atoms with E-state index in [1.165, 1.54) is 12.0 Å². The van der Waals surface area contributed by atoms with E-state index in [1.54, 1.807) is 0 Å². The van der Waals surface area contributed by atoms with E-state index in [0.29, 0.717) is 6.04 Å². The summed E-state index contributed by atoms with van der Waals surface area (Å²) in [5.41, 5.74) is 3.12. The van der Waals surface area contributed by atoms with Gasteiger partial charge in [0, 0.05) is 25.7 Å². The molecule has 2 aromatic rings. The summed E-state index contributed by atoms with van der Waals surface area (Å²) in [5, 5.41) is 0. The molecule has 1 aliphatic rings. The second-order valence-corrected chi connectivity index (χ2v) is 4.84. The van der Waals surface area contributed by atoms with Crippen molar-refractivity contribution in [3.8, 4) is 0 Å². The zero-order valence-electron chi connectivity index (χ0n) is 10.3. The number of hydrogen-bond donors (Lipinski definition) is 0. The van der Waals surface area contributed by atoms with Crippen molar-refractivity contribution in [2.24, 2.45) is 0 Å². The summed E-state index contributed by atoms with van der Waals surface area (Å²) >= 11 is 0. The summed E-state index contributed by atoms with van der Waals surface area (Å²) < 4.78 is 5.37. The topological polar surface area (TPSA) is 32.5 Å². The molecule has 0 N–H and O–H groups in total. The average molecular weight is 231 g/mol. The van der Waals surface area contributed by atoms with Gasteiger partial charge >= 0.3 is 0 Å². The van der Waals surface area contributed by atoms with Gasteiger partial charge in [0.15, 0.2) is 12.0 Å². The fourth-order valence-corrected chi connectivity index (χ4v) is 2.45. The van der Waals surface area contributed by atoms with Crippen molar-refractivity contribution in [1.82, 2.24) is 14.8 Å². The molecule has 0 aliphatic carbocycles. The van der Waals surface area contributed by atoms with Crippen molar-refractivity contribution in [3.63, 3.8) is 0 Å². The van der Waals surface area contributed by atoms with E-state index in [9.17, 15) is 0 Å². The van der Waals surface area contributed by atoms with Gasteiger partial charge in [-0.1, -0.05) is 6.07 Å². The van der Waals surface area contributed by atoms with E-state index in [-0.39, 0.29) is 0 Å². The van der Waals surface area contributed by atoms with E-state index < -0.39 is 0 Å². The number of hydrogen-bond acceptors (Lipinski definition) is 4. The van der Waals surface area contributed by atoms with Gasteiger partial charge in [-0.3, -0.25) is 4.90 Å². The maximum Gasteiger partial charge on any atom is 0.181 e. The molecule has 1 atom stereocenters. The van der Waals surface area contributed by atoms with Gasteiger partial charge in [-0.25, -0.2) is 4.98 Å². The van der Waals surface area contributed by atoms with E-state index in [4.69, 9.17) is 4.42 Å². The van der Waals surface area contributed by atoms with E-state index in [0.717, 1.165) is 30.7 Å². The Morgan fingerprint density at radius 1 is 1.29 bits per heavy atom. The number of likely N-dealkylation sites (N-methyl/N-ethyl adjacent to an activating group) is 2. The number of fused-ring (bicyclic) bond motifs is 1. The fraction of sp³-hybridized carbons (Fsp3) is 0.462. The minimum absolute atomic E-state index is 0.447. The third-order valence-corrected chi connectivity index (χ3v) is 3.59. The SMILES string of the molecule is CN1CCN(C)C(c2ccc3ncoc3c2)C1. The smallest absolute Gasteiger partial charge is 0.181 e. The summed E-state index contributed by atoms with van der Waals surface area (Å²) in [6.45, 7) is 3.31. The quantitative estimate of drug-likeness (QED) is 0.748. The van der Waals surface area contributed by atoms with Crippen LogP contribution in [0.5, 0.6) is 0 Å². The molecule has 3 rings (SSSR count). The van der Waals surface area contributed by atoms with Crippen LogP contribution in [0, 0.1) is 0 Å². The predicted molar refractivity (Wildman–Crippen MR) is 66.9 cm³/mol. The predicted octanol–water partition coefficient (Wildman–Crippen LogP) is 1.75. The van der Waals surface area contributed by atoms with Gasteiger partial charge in [0.05, 0.1) is 0 Å². The van der Waals surface area contributed by atoms with E-state index >= 15 is 0 Å². The van der Waals surface area contributed by atoms with Gasteiger partial charge in [-0.05, 0) is 31.8 Å². The third kappa shape index (κ3) is 1.94. The van der Waals surface area contributed by atoms with Crippen LogP contribution in [0.4, 0.5) is 0 Å². The molecule has 0 radical (unpaired) electrons. The average Bonchev–Trinajstić information content (AvgIpc) is 2.79. The molecule has 1 saturated heterocycles. The summed E-state index contributed by atoms with van der Waals surface area (Å²) in [5.74, 6) is 0. The van der Waals surface area contributed by atoms with Crippen LogP contribution in [0.25, 0.3) is 11.1 Å². The van der Waals surface area contributed by atoms with Crippen LogP contribution >= 0.6 is 0 Å². The van der Waals surface area contributed by atoms with Crippen molar-refractivity contribution in [1.29, 1.82) is 0 Å². The first-order chi connectivity index (χ1) is 8.24. The molecule has 0 spiro atoms. The molecule has 1 aromatic heterocycles. The van der Waals surface area contributed by atoms with Gasteiger partial charge < -0.3 is 9.32 Å². The van der Waals surface area contributed by atoms with Gasteiger partial charge in [-0.15, -0.1) is 0 Å². The van der Waals surface area contributed by atoms with Crippen molar-refractivity contribution in [3.05, 3.63) is 30.2 Å². The van der Waals surface area contributed by atoms with Gasteiger partial charge in [0.1, 0.15) is 5.52 Å². The number of benzene rings is 1. The second kappa shape index (κ2) is 4.13. The Hall–Kier alpha value is -1.39. The molecule has 0 bridgehead atoms.